The summed E-state index contributed by atoms with van der Waals surface area (Å²) in [7, 11) is 1.54. The van der Waals surface area contributed by atoms with Crippen molar-refractivity contribution in [3.05, 3.63) is 0 Å². The second-order valence-corrected chi connectivity index (χ2v) is 2.46. The van der Waals surface area contributed by atoms with E-state index in [1.54, 1.807) is 13.3 Å². The van der Waals surface area contributed by atoms with Crippen LogP contribution < -0.4 is 5.73 Å². The van der Waals surface area contributed by atoms with E-state index < -0.39 is 6.03 Å². The van der Waals surface area contributed by atoms with E-state index in [0.717, 1.165) is 5.01 Å². The first-order valence-electron chi connectivity index (χ1n) is 3.27. The van der Waals surface area contributed by atoms with Crippen LogP contribution in [0.4, 0.5) is 4.79 Å². The number of primary amides is 1. The van der Waals surface area contributed by atoms with Crippen molar-refractivity contribution in [1.82, 2.24) is 5.01 Å². The van der Waals surface area contributed by atoms with Crippen LogP contribution in [0, 0.1) is 5.92 Å². The van der Waals surface area contributed by atoms with Crippen molar-refractivity contribution < 1.29 is 4.79 Å². The molecular formula is C6H11N3O. The van der Waals surface area contributed by atoms with Gasteiger partial charge in [-0.3, -0.25) is 0 Å². The number of carbonyl (C=O) groups is 1. The first-order valence-corrected chi connectivity index (χ1v) is 3.27. The third-order valence-corrected chi connectivity index (χ3v) is 1.39. The summed E-state index contributed by atoms with van der Waals surface area (Å²) in [5.41, 5.74) is 4.92. The molecule has 0 radical (unpaired) electrons. The molecule has 10 heavy (non-hydrogen) atoms. The Hall–Kier alpha value is -1.06. The van der Waals surface area contributed by atoms with E-state index in [2.05, 4.69) is 5.10 Å². The van der Waals surface area contributed by atoms with Gasteiger partial charge < -0.3 is 5.73 Å². The summed E-state index contributed by atoms with van der Waals surface area (Å²) in [6.45, 7) is 0. The number of hydrogen-bond donors (Lipinski definition) is 1. The van der Waals surface area contributed by atoms with Crippen LogP contribution in [-0.2, 0) is 0 Å². The maximum atomic E-state index is 10.4. The molecule has 2 N–H and O–H groups in total. The fourth-order valence-electron chi connectivity index (χ4n) is 0.496. The molecule has 0 aromatic rings. The predicted octanol–water partition coefficient (Wildman–Crippen LogP) is 0.393. The minimum absolute atomic E-state index is 0.517. The van der Waals surface area contributed by atoms with Gasteiger partial charge in [-0.15, -0.1) is 0 Å². The molecule has 0 atom stereocenters. The minimum Gasteiger partial charge on any atom is -0.350 e. The third kappa shape index (κ3) is 2.05. The molecule has 0 heterocycles. The number of hydrazone groups is 1. The van der Waals surface area contributed by atoms with E-state index in [-0.39, 0.29) is 0 Å². The number of urea groups is 1. The van der Waals surface area contributed by atoms with Crippen LogP contribution in [0.3, 0.4) is 0 Å². The van der Waals surface area contributed by atoms with Crippen LogP contribution in [0.25, 0.3) is 0 Å². The second kappa shape index (κ2) is 2.68. The van der Waals surface area contributed by atoms with Crippen LogP contribution in [0.1, 0.15) is 12.8 Å². The van der Waals surface area contributed by atoms with Crippen LogP contribution in [-0.4, -0.2) is 24.3 Å². The molecule has 1 aliphatic rings. The van der Waals surface area contributed by atoms with Crippen molar-refractivity contribution in [2.24, 2.45) is 16.8 Å². The van der Waals surface area contributed by atoms with Gasteiger partial charge in [0, 0.05) is 13.3 Å². The van der Waals surface area contributed by atoms with Crippen molar-refractivity contribution in [1.29, 1.82) is 0 Å². The van der Waals surface area contributed by atoms with Gasteiger partial charge in [0.1, 0.15) is 0 Å². The summed E-state index contributed by atoms with van der Waals surface area (Å²) in [6.07, 6.45) is 4.15. The highest BCUT2D eigenvalue weighted by Crippen LogP contribution is 2.26. The SMILES string of the molecule is CN(/N=C/C1CC1)C(N)=O. The molecule has 1 saturated carbocycles. The zero-order chi connectivity index (χ0) is 7.56. The Balaban J connectivity index is 2.27. The summed E-state index contributed by atoms with van der Waals surface area (Å²) >= 11 is 0. The number of amides is 2. The number of rotatable bonds is 2. The average molecular weight is 141 g/mol. The quantitative estimate of drug-likeness (QED) is 0.439. The van der Waals surface area contributed by atoms with Crippen LogP contribution in [0.2, 0.25) is 0 Å². The van der Waals surface area contributed by atoms with Crippen molar-refractivity contribution in [2.45, 2.75) is 12.8 Å². The Bertz CT molecular complexity index is 162. The van der Waals surface area contributed by atoms with Crippen molar-refractivity contribution in [3.63, 3.8) is 0 Å². The van der Waals surface area contributed by atoms with Gasteiger partial charge >= 0.3 is 6.03 Å². The van der Waals surface area contributed by atoms with E-state index in [0.29, 0.717) is 5.92 Å². The van der Waals surface area contributed by atoms with Crippen LogP contribution >= 0.6 is 0 Å². The maximum Gasteiger partial charge on any atom is 0.334 e. The fourth-order valence-corrected chi connectivity index (χ4v) is 0.496. The first kappa shape index (κ1) is 7.05. The van der Waals surface area contributed by atoms with E-state index in [1.165, 1.54) is 12.8 Å². The molecule has 2 amide bonds. The molecule has 1 aliphatic carbocycles. The summed E-state index contributed by atoms with van der Waals surface area (Å²) < 4.78 is 0. The molecule has 4 nitrogen and oxygen atoms in total. The predicted molar refractivity (Wildman–Crippen MR) is 38.6 cm³/mol. The van der Waals surface area contributed by atoms with Gasteiger partial charge in [-0.2, -0.15) is 5.10 Å². The maximum absolute atomic E-state index is 10.4. The molecule has 0 saturated heterocycles. The molecule has 0 unspecified atom stereocenters. The van der Waals surface area contributed by atoms with Crippen molar-refractivity contribution >= 4 is 12.2 Å². The first-order chi connectivity index (χ1) is 4.70. The molecular weight excluding hydrogens is 130 g/mol. The van der Waals surface area contributed by atoms with Gasteiger partial charge in [-0.05, 0) is 18.8 Å². The second-order valence-electron chi connectivity index (χ2n) is 2.46. The summed E-state index contributed by atoms with van der Waals surface area (Å²) in [4.78, 5) is 10.4. The largest absolute Gasteiger partial charge is 0.350 e. The molecule has 4 heteroatoms. The molecule has 1 rings (SSSR count). The Morgan fingerprint density at radius 2 is 2.40 bits per heavy atom. The fraction of sp³-hybridized carbons (Fsp3) is 0.667. The van der Waals surface area contributed by atoms with Crippen LogP contribution in [0.15, 0.2) is 5.10 Å². The third-order valence-electron chi connectivity index (χ3n) is 1.39. The number of hydrogen-bond acceptors (Lipinski definition) is 2. The summed E-state index contributed by atoms with van der Waals surface area (Å²) in [5, 5.41) is 4.96. The standard InChI is InChI=1S/C6H11N3O/c1-9(6(7)10)8-4-5-2-3-5/h4-5H,2-3H2,1H3,(H2,7,10)/b8-4+. The Morgan fingerprint density at radius 1 is 1.80 bits per heavy atom. The van der Waals surface area contributed by atoms with Gasteiger partial charge in [0.05, 0.1) is 0 Å². The lowest BCUT2D eigenvalue weighted by molar-refractivity contribution is 0.220. The number of nitrogens with zero attached hydrogens (tertiary/aromatic N) is 2. The molecule has 0 bridgehead atoms. The summed E-state index contributed by atoms with van der Waals surface area (Å²) in [5.74, 6) is 0.585. The molecule has 0 aromatic heterocycles. The zero-order valence-corrected chi connectivity index (χ0v) is 5.95. The monoisotopic (exact) mass is 141 g/mol. The smallest absolute Gasteiger partial charge is 0.334 e. The lowest BCUT2D eigenvalue weighted by atomic mass is 10.5. The zero-order valence-electron chi connectivity index (χ0n) is 5.95. The molecule has 0 aliphatic heterocycles. The normalized spacial score (nSPS) is 17.7. The Labute approximate surface area is 59.7 Å². The highest BCUT2D eigenvalue weighted by molar-refractivity contribution is 5.73. The van der Waals surface area contributed by atoms with E-state index in [1.807, 2.05) is 0 Å². The van der Waals surface area contributed by atoms with Crippen molar-refractivity contribution in [2.75, 3.05) is 7.05 Å². The molecule has 0 aromatic carbocycles. The highest BCUT2D eigenvalue weighted by atomic mass is 16.2. The van der Waals surface area contributed by atoms with Crippen molar-refractivity contribution in [3.8, 4) is 0 Å². The van der Waals surface area contributed by atoms with Gasteiger partial charge in [-0.25, -0.2) is 9.80 Å². The van der Waals surface area contributed by atoms with E-state index in [9.17, 15) is 4.79 Å². The van der Waals surface area contributed by atoms with E-state index in [4.69, 9.17) is 5.73 Å². The summed E-state index contributed by atoms with van der Waals surface area (Å²) in [6, 6.07) is -0.517. The average Bonchev–Trinajstić information content (AvgIpc) is 2.64. The Kier molecular flexibility index (Phi) is 1.89. The van der Waals surface area contributed by atoms with Crippen LogP contribution in [0.5, 0.6) is 0 Å². The lowest BCUT2D eigenvalue weighted by Crippen LogP contribution is -2.27. The number of carbonyl (C=O) groups excluding carboxylic acids is 1. The lowest BCUT2D eigenvalue weighted by Gasteiger charge is -2.04. The van der Waals surface area contributed by atoms with Gasteiger partial charge in [0.2, 0.25) is 0 Å². The number of nitrogens with two attached hydrogens (primary N) is 1. The molecule has 0 spiro atoms. The molecule has 1 fully saturated rings. The van der Waals surface area contributed by atoms with E-state index >= 15 is 0 Å². The van der Waals surface area contributed by atoms with Gasteiger partial charge in [0.15, 0.2) is 0 Å². The minimum atomic E-state index is -0.517. The Morgan fingerprint density at radius 3 is 2.80 bits per heavy atom. The van der Waals surface area contributed by atoms with Gasteiger partial charge in [0.25, 0.3) is 0 Å². The topological polar surface area (TPSA) is 58.7 Å². The molecule has 56 valence electrons. The van der Waals surface area contributed by atoms with Gasteiger partial charge in [-0.1, -0.05) is 0 Å². The highest BCUT2D eigenvalue weighted by Gasteiger charge is 2.18.